The van der Waals surface area contributed by atoms with Gasteiger partial charge >= 0.3 is 0 Å². The summed E-state index contributed by atoms with van der Waals surface area (Å²) in [5.74, 6) is 0.647. The molecule has 0 aromatic heterocycles. The molecule has 0 amide bonds. The lowest BCUT2D eigenvalue weighted by Gasteiger charge is -2.08. The fraction of sp³-hybridized carbons (Fsp3) is 0.0500. The minimum absolute atomic E-state index is 0.478. The van der Waals surface area contributed by atoms with Gasteiger partial charge in [-0.1, -0.05) is 53.5 Å². The second-order valence-electron chi connectivity index (χ2n) is 5.34. The SMILES string of the molecule is Clc1ccc(N/N=C/c2ccc(OCc3ccccc3)c(Cl)c2)cc1. The van der Waals surface area contributed by atoms with Crippen molar-refractivity contribution < 1.29 is 4.74 Å². The van der Waals surface area contributed by atoms with E-state index >= 15 is 0 Å². The van der Waals surface area contributed by atoms with E-state index in [-0.39, 0.29) is 0 Å². The van der Waals surface area contributed by atoms with E-state index in [9.17, 15) is 0 Å². The summed E-state index contributed by atoms with van der Waals surface area (Å²) in [5.41, 5.74) is 5.76. The molecule has 3 aromatic rings. The van der Waals surface area contributed by atoms with Crippen LogP contribution in [0.25, 0.3) is 0 Å². The molecule has 126 valence electrons. The molecule has 5 heteroatoms. The highest BCUT2D eigenvalue weighted by molar-refractivity contribution is 6.32. The number of anilines is 1. The van der Waals surface area contributed by atoms with Gasteiger partial charge in [-0.2, -0.15) is 5.10 Å². The molecular weight excluding hydrogens is 355 g/mol. The third-order valence-electron chi connectivity index (χ3n) is 3.44. The van der Waals surface area contributed by atoms with Crippen LogP contribution in [0.2, 0.25) is 10.0 Å². The van der Waals surface area contributed by atoms with Crippen LogP contribution in [0.4, 0.5) is 5.69 Å². The number of hydrazone groups is 1. The second-order valence-corrected chi connectivity index (χ2v) is 6.18. The Labute approximate surface area is 156 Å². The molecule has 3 rings (SSSR count). The van der Waals surface area contributed by atoms with Gasteiger partial charge in [-0.25, -0.2) is 0 Å². The van der Waals surface area contributed by atoms with E-state index < -0.39 is 0 Å². The van der Waals surface area contributed by atoms with Gasteiger partial charge in [0.15, 0.2) is 0 Å². The molecule has 0 atom stereocenters. The van der Waals surface area contributed by atoms with E-state index in [4.69, 9.17) is 27.9 Å². The number of nitrogens with one attached hydrogen (secondary N) is 1. The Bertz CT molecular complexity index is 849. The molecule has 0 aliphatic carbocycles. The van der Waals surface area contributed by atoms with Gasteiger partial charge in [-0.05, 0) is 53.6 Å². The van der Waals surface area contributed by atoms with Crippen molar-refractivity contribution >= 4 is 35.1 Å². The van der Waals surface area contributed by atoms with Crippen LogP contribution in [-0.4, -0.2) is 6.21 Å². The molecule has 0 unspecified atom stereocenters. The zero-order valence-electron chi connectivity index (χ0n) is 13.3. The topological polar surface area (TPSA) is 33.6 Å². The van der Waals surface area contributed by atoms with E-state index in [1.807, 2.05) is 60.7 Å². The minimum Gasteiger partial charge on any atom is -0.487 e. The summed E-state index contributed by atoms with van der Waals surface area (Å²) in [6, 6.07) is 22.8. The summed E-state index contributed by atoms with van der Waals surface area (Å²) >= 11 is 12.1. The molecule has 25 heavy (non-hydrogen) atoms. The van der Waals surface area contributed by atoms with Crippen molar-refractivity contribution in [3.05, 3.63) is 94.0 Å². The third kappa shape index (κ3) is 5.24. The summed E-state index contributed by atoms with van der Waals surface area (Å²) in [4.78, 5) is 0. The number of benzene rings is 3. The van der Waals surface area contributed by atoms with Crippen molar-refractivity contribution in [3.63, 3.8) is 0 Å². The Morgan fingerprint density at radius 3 is 2.40 bits per heavy atom. The van der Waals surface area contributed by atoms with E-state index in [1.165, 1.54) is 0 Å². The van der Waals surface area contributed by atoms with Crippen LogP contribution in [0.15, 0.2) is 77.9 Å². The van der Waals surface area contributed by atoms with E-state index in [2.05, 4.69) is 10.5 Å². The second kappa shape index (κ2) is 8.56. The Balaban J connectivity index is 1.59. The van der Waals surface area contributed by atoms with Crippen LogP contribution >= 0.6 is 23.2 Å². The quantitative estimate of drug-likeness (QED) is 0.425. The van der Waals surface area contributed by atoms with E-state index in [0.29, 0.717) is 22.4 Å². The molecule has 0 bridgehead atoms. The Hall–Kier alpha value is -2.49. The normalized spacial score (nSPS) is 10.8. The third-order valence-corrected chi connectivity index (χ3v) is 3.99. The van der Waals surface area contributed by atoms with Crippen molar-refractivity contribution in [1.29, 1.82) is 0 Å². The number of hydrogen-bond acceptors (Lipinski definition) is 3. The number of ether oxygens (including phenoxy) is 1. The van der Waals surface area contributed by atoms with Gasteiger partial charge in [-0.3, -0.25) is 5.43 Å². The molecule has 3 nitrogen and oxygen atoms in total. The van der Waals surface area contributed by atoms with Gasteiger partial charge < -0.3 is 4.74 Å². The largest absolute Gasteiger partial charge is 0.487 e. The predicted molar refractivity (Wildman–Crippen MR) is 105 cm³/mol. The number of halogens is 2. The van der Waals surface area contributed by atoms with Gasteiger partial charge in [0, 0.05) is 5.02 Å². The maximum atomic E-state index is 6.29. The first-order valence-corrected chi connectivity index (χ1v) is 8.47. The van der Waals surface area contributed by atoms with Gasteiger partial charge in [0.1, 0.15) is 12.4 Å². The average molecular weight is 371 g/mol. The zero-order valence-corrected chi connectivity index (χ0v) is 14.8. The summed E-state index contributed by atoms with van der Waals surface area (Å²) in [6.07, 6.45) is 1.70. The first-order valence-electron chi connectivity index (χ1n) is 7.71. The highest BCUT2D eigenvalue weighted by Crippen LogP contribution is 2.26. The van der Waals surface area contributed by atoms with Crippen LogP contribution in [0.5, 0.6) is 5.75 Å². The summed E-state index contributed by atoms with van der Waals surface area (Å²) in [5, 5.41) is 5.42. The number of rotatable bonds is 6. The maximum Gasteiger partial charge on any atom is 0.138 e. The van der Waals surface area contributed by atoms with Crippen molar-refractivity contribution in [3.8, 4) is 5.75 Å². The lowest BCUT2D eigenvalue weighted by atomic mass is 10.2. The van der Waals surface area contributed by atoms with Gasteiger partial charge in [0.05, 0.1) is 16.9 Å². The summed E-state index contributed by atoms with van der Waals surface area (Å²) in [7, 11) is 0. The summed E-state index contributed by atoms with van der Waals surface area (Å²) < 4.78 is 5.76. The van der Waals surface area contributed by atoms with Crippen molar-refractivity contribution in [2.75, 3.05) is 5.43 Å². The molecule has 0 aliphatic rings. The molecule has 0 heterocycles. The highest BCUT2D eigenvalue weighted by Gasteiger charge is 2.03. The molecule has 0 spiro atoms. The van der Waals surface area contributed by atoms with Gasteiger partial charge in [-0.15, -0.1) is 0 Å². The Morgan fingerprint density at radius 1 is 0.920 bits per heavy atom. The van der Waals surface area contributed by atoms with Crippen LogP contribution in [0.3, 0.4) is 0 Å². The first kappa shape index (κ1) is 17.3. The number of hydrogen-bond donors (Lipinski definition) is 1. The first-order chi connectivity index (χ1) is 12.2. The monoisotopic (exact) mass is 370 g/mol. The summed E-state index contributed by atoms with van der Waals surface area (Å²) in [6.45, 7) is 0.478. The fourth-order valence-electron chi connectivity index (χ4n) is 2.16. The maximum absolute atomic E-state index is 6.29. The molecule has 0 saturated heterocycles. The molecular formula is C20H16Cl2N2O. The Kier molecular flexibility index (Phi) is 5.94. The van der Waals surface area contributed by atoms with Gasteiger partial charge in [0.2, 0.25) is 0 Å². The smallest absolute Gasteiger partial charge is 0.138 e. The van der Waals surface area contributed by atoms with Crippen molar-refractivity contribution in [2.45, 2.75) is 6.61 Å². The molecule has 3 aromatic carbocycles. The molecule has 0 saturated carbocycles. The Morgan fingerprint density at radius 2 is 1.68 bits per heavy atom. The molecule has 1 N–H and O–H groups in total. The van der Waals surface area contributed by atoms with Crippen molar-refractivity contribution in [2.24, 2.45) is 5.10 Å². The van der Waals surface area contributed by atoms with E-state index in [0.717, 1.165) is 16.8 Å². The van der Waals surface area contributed by atoms with E-state index in [1.54, 1.807) is 18.3 Å². The van der Waals surface area contributed by atoms with Crippen molar-refractivity contribution in [1.82, 2.24) is 0 Å². The zero-order chi connectivity index (χ0) is 17.5. The lowest BCUT2D eigenvalue weighted by molar-refractivity contribution is 0.306. The number of nitrogens with zero attached hydrogens (tertiary/aromatic N) is 1. The molecule has 0 radical (unpaired) electrons. The molecule has 0 aliphatic heterocycles. The van der Waals surface area contributed by atoms with Crippen LogP contribution in [0.1, 0.15) is 11.1 Å². The van der Waals surface area contributed by atoms with Crippen LogP contribution in [0, 0.1) is 0 Å². The standard InChI is InChI=1S/C20H16Cl2N2O/c21-17-7-9-18(10-8-17)24-23-13-16-6-11-20(19(22)12-16)25-14-15-4-2-1-3-5-15/h1-13,24H,14H2/b23-13+. The van der Waals surface area contributed by atoms with Crippen LogP contribution in [-0.2, 0) is 6.61 Å². The average Bonchev–Trinajstić information content (AvgIpc) is 2.63. The lowest BCUT2D eigenvalue weighted by Crippen LogP contribution is -1.96. The predicted octanol–water partition coefficient (Wildman–Crippen LogP) is 6.02. The van der Waals surface area contributed by atoms with Gasteiger partial charge in [0.25, 0.3) is 0 Å². The highest BCUT2D eigenvalue weighted by atomic mass is 35.5. The fourth-order valence-corrected chi connectivity index (χ4v) is 2.53. The van der Waals surface area contributed by atoms with Crippen LogP contribution < -0.4 is 10.2 Å². The minimum atomic E-state index is 0.478. The molecule has 0 fully saturated rings.